The second kappa shape index (κ2) is 7.56. The molecule has 0 atom stereocenters. The van der Waals surface area contributed by atoms with Crippen molar-refractivity contribution < 1.29 is 4.74 Å². The normalized spacial score (nSPS) is 10.9. The fraction of sp³-hybridized carbons (Fsp3) is 0.190. The number of hydrogen-bond donors (Lipinski definition) is 2. The molecule has 0 unspecified atom stereocenters. The van der Waals surface area contributed by atoms with Crippen LogP contribution in [0.3, 0.4) is 0 Å². The first-order chi connectivity index (χ1) is 13.6. The van der Waals surface area contributed by atoms with Crippen LogP contribution in [0, 0.1) is 6.92 Å². The van der Waals surface area contributed by atoms with Crippen LogP contribution in [0.25, 0.3) is 17.2 Å². The molecule has 0 bridgehead atoms. The maximum Gasteiger partial charge on any atom is 0.274 e. The van der Waals surface area contributed by atoms with Crippen molar-refractivity contribution in [1.29, 1.82) is 0 Å². The van der Waals surface area contributed by atoms with Crippen LogP contribution in [0.5, 0.6) is 5.75 Å². The van der Waals surface area contributed by atoms with E-state index in [4.69, 9.17) is 4.74 Å². The van der Waals surface area contributed by atoms with Crippen molar-refractivity contribution in [2.75, 3.05) is 11.9 Å². The number of nitrogens with one attached hydrogen (secondary N) is 2. The van der Waals surface area contributed by atoms with Crippen molar-refractivity contribution >= 4 is 11.5 Å². The number of aromatic amines is 1. The molecule has 4 aromatic rings. The van der Waals surface area contributed by atoms with Gasteiger partial charge < -0.3 is 10.1 Å². The summed E-state index contributed by atoms with van der Waals surface area (Å²) in [7, 11) is 0. The smallest absolute Gasteiger partial charge is 0.274 e. The fourth-order valence-electron chi connectivity index (χ4n) is 2.91. The summed E-state index contributed by atoms with van der Waals surface area (Å²) in [6, 6.07) is 17.1. The molecular weight excluding hydrogens is 354 g/mol. The van der Waals surface area contributed by atoms with Gasteiger partial charge in [0.2, 0.25) is 0 Å². The van der Waals surface area contributed by atoms with Crippen molar-refractivity contribution in [1.82, 2.24) is 19.6 Å². The Kier molecular flexibility index (Phi) is 4.80. The molecular formula is C21H21N5O2. The van der Waals surface area contributed by atoms with E-state index in [2.05, 4.69) is 20.4 Å². The Labute approximate surface area is 162 Å². The lowest BCUT2D eigenvalue weighted by atomic mass is 10.1. The van der Waals surface area contributed by atoms with E-state index in [0.29, 0.717) is 30.4 Å². The van der Waals surface area contributed by atoms with E-state index in [0.717, 1.165) is 22.6 Å². The van der Waals surface area contributed by atoms with Gasteiger partial charge in [0.15, 0.2) is 5.82 Å². The molecule has 0 spiro atoms. The first kappa shape index (κ1) is 17.8. The van der Waals surface area contributed by atoms with Gasteiger partial charge in [-0.15, -0.1) is 0 Å². The van der Waals surface area contributed by atoms with Gasteiger partial charge in [-0.1, -0.05) is 35.9 Å². The average Bonchev–Trinajstić information content (AvgIpc) is 3.12. The number of hydrogen-bond acceptors (Lipinski definition) is 5. The molecule has 4 rings (SSSR count). The molecule has 2 aromatic carbocycles. The zero-order valence-electron chi connectivity index (χ0n) is 15.8. The van der Waals surface area contributed by atoms with E-state index in [1.54, 1.807) is 0 Å². The highest BCUT2D eigenvalue weighted by atomic mass is 16.5. The molecule has 0 aliphatic rings. The molecule has 0 aliphatic carbocycles. The van der Waals surface area contributed by atoms with Crippen LogP contribution in [0.15, 0.2) is 59.4 Å². The van der Waals surface area contributed by atoms with E-state index >= 15 is 0 Å². The SMILES string of the molecule is CCOc1cccc(NCc2cc(=O)n3[nH]c(-c4ccc(C)cc4)nc3n2)c1. The van der Waals surface area contributed by atoms with Crippen molar-refractivity contribution in [2.45, 2.75) is 20.4 Å². The number of rotatable bonds is 6. The van der Waals surface area contributed by atoms with Gasteiger partial charge in [-0.05, 0) is 26.0 Å². The zero-order chi connectivity index (χ0) is 19.5. The van der Waals surface area contributed by atoms with Crippen molar-refractivity contribution in [3.8, 4) is 17.1 Å². The average molecular weight is 375 g/mol. The summed E-state index contributed by atoms with van der Waals surface area (Å²) < 4.78 is 6.86. The van der Waals surface area contributed by atoms with Gasteiger partial charge in [0, 0.05) is 23.4 Å². The molecule has 7 heteroatoms. The molecule has 0 amide bonds. The van der Waals surface area contributed by atoms with Crippen LogP contribution >= 0.6 is 0 Å². The highest BCUT2D eigenvalue weighted by Gasteiger charge is 2.10. The van der Waals surface area contributed by atoms with E-state index in [-0.39, 0.29) is 5.56 Å². The van der Waals surface area contributed by atoms with Crippen molar-refractivity contribution in [2.24, 2.45) is 0 Å². The number of ether oxygens (including phenoxy) is 1. The third-order valence-corrected chi connectivity index (χ3v) is 4.33. The number of H-pyrrole nitrogens is 1. The quantitative estimate of drug-likeness (QED) is 0.540. The molecule has 0 saturated heterocycles. The summed E-state index contributed by atoms with van der Waals surface area (Å²) in [4.78, 5) is 21.4. The number of aryl methyl sites for hydroxylation is 1. The molecule has 28 heavy (non-hydrogen) atoms. The van der Waals surface area contributed by atoms with Gasteiger partial charge in [-0.3, -0.25) is 9.89 Å². The van der Waals surface area contributed by atoms with Crippen LogP contribution in [0.1, 0.15) is 18.2 Å². The maximum absolute atomic E-state index is 12.5. The van der Waals surface area contributed by atoms with Gasteiger partial charge >= 0.3 is 0 Å². The number of nitrogens with zero attached hydrogens (tertiary/aromatic N) is 3. The molecule has 0 saturated carbocycles. The Bertz CT molecular complexity index is 1160. The Morgan fingerprint density at radius 2 is 1.93 bits per heavy atom. The largest absolute Gasteiger partial charge is 0.494 e. The van der Waals surface area contributed by atoms with Crippen LogP contribution in [-0.4, -0.2) is 26.2 Å². The van der Waals surface area contributed by atoms with Crippen LogP contribution in [0.2, 0.25) is 0 Å². The monoisotopic (exact) mass is 375 g/mol. The number of fused-ring (bicyclic) bond motifs is 1. The Morgan fingerprint density at radius 1 is 1.11 bits per heavy atom. The first-order valence-electron chi connectivity index (χ1n) is 9.15. The van der Waals surface area contributed by atoms with Gasteiger partial charge in [0.25, 0.3) is 11.3 Å². The van der Waals surface area contributed by atoms with Crippen molar-refractivity contribution in [3.05, 3.63) is 76.2 Å². The minimum Gasteiger partial charge on any atom is -0.494 e. The topological polar surface area (TPSA) is 84.3 Å². The van der Waals surface area contributed by atoms with E-state index in [1.165, 1.54) is 10.6 Å². The molecule has 142 valence electrons. The first-order valence-corrected chi connectivity index (χ1v) is 9.15. The maximum atomic E-state index is 12.5. The minimum absolute atomic E-state index is 0.198. The summed E-state index contributed by atoms with van der Waals surface area (Å²) in [5.41, 5.74) is 3.39. The van der Waals surface area contributed by atoms with E-state index in [9.17, 15) is 4.79 Å². The van der Waals surface area contributed by atoms with Gasteiger partial charge in [-0.25, -0.2) is 4.98 Å². The van der Waals surface area contributed by atoms with Crippen LogP contribution < -0.4 is 15.6 Å². The Morgan fingerprint density at radius 3 is 2.71 bits per heavy atom. The Balaban J connectivity index is 1.58. The lowest BCUT2D eigenvalue weighted by Gasteiger charge is -2.08. The second-order valence-electron chi connectivity index (χ2n) is 6.47. The summed E-state index contributed by atoms with van der Waals surface area (Å²) in [5, 5.41) is 6.28. The third kappa shape index (κ3) is 3.73. The summed E-state index contributed by atoms with van der Waals surface area (Å²) >= 11 is 0. The number of aromatic nitrogens is 4. The highest BCUT2D eigenvalue weighted by Crippen LogP contribution is 2.18. The van der Waals surface area contributed by atoms with Gasteiger partial charge in [0.1, 0.15) is 5.75 Å². The molecule has 0 aliphatic heterocycles. The number of benzene rings is 2. The highest BCUT2D eigenvalue weighted by molar-refractivity contribution is 5.57. The number of anilines is 1. The summed E-state index contributed by atoms with van der Waals surface area (Å²) in [6.45, 7) is 4.99. The molecule has 7 nitrogen and oxygen atoms in total. The molecule has 2 N–H and O–H groups in total. The molecule has 2 heterocycles. The summed E-state index contributed by atoms with van der Waals surface area (Å²) in [6.07, 6.45) is 0. The summed E-state index contributed by atoms with van der Waals surface area (Å²) in [5.74, 6) is 1.76. The second-order valence-corrected chi connectivity index (χ2v) is 6.47. The Hall–Kier alpha value is -3.61. The van der Waals surface area contributed by atoms with Gasteiger partial charge in [-0.2, -0.15) is 9.50 Å². The molecule has 0 radical (unpaired) electrons. The predicted molar refractivity (Wildman–Crippen MR) is 109 cm³/mol. The predicted octanol–water partition coefficient (Wildman–Crippen LogP) is 3.40. The third-order valence-electron chi connectivity index (χ3n) is 4.33. The van der Waals surface area contributed by atoms with Crippen LogP contribution in [0.4, 0.5) is 5.69 Å². The van der Waals surface area contributed by atoms with Crippen LogP contribution in [-0.2, 0) is 6.54 Å². The standard InChI is InChI=1S/C21H21N5O2/c1-3-28-18-6-4-5-16(11-18)22-13-17-12-19(27)26-21(23-17)24-20(25-26)15-9-7-14(2)8-10-15/h4-12,22H,3,13H2,1-2H3,(H,23,24,25). The van der Waals surface area contributed by atoms with E-state index < -0.39 is 0 Å². The molecule has 0 fully saturated rings. The lowest BCUT2D eigenvalue weighted by molar-refractivity contribution is 0.340. The molecule has 2 aromatic heterocycles. The zero-order valence-corrected chi connectivity index (χ0v) is 15.8. The minimum atomic E-state index is -0.198. The van der Waals surface area contributed by atoms with Gasteiger partial charge in [0.05, 0.1) is 18.8 Å². The van der Waals surface area contributed by atoms with Crippen molar-refractivity contribution in [3.63, 3.8) is 0 Å². The lowest BCUT2D eigenvalue weighted by Crippen LogP contribution is -2.17. The van der Waals surface area contributed by atoms with E-state index in [1.807, 2.05) is 62.4 Å². The fourth-order valence-corrected chi connectivity index (χ4v) is 2.91.